The normalized spacial score (nSPS) is 12.9. The van der Waals surface area contributed by atoms with Crippen molar-refractivity contribution in [2.45, 2.75) is 200 Å². The molecule has 0 saturated heterocycles. The fourth-order valence-corrected chi connectivity index (χ4v) is 5.87. The molecule has 0 bridgehead atoms. The second-order valence-corrected chi connectivity index (χ2v) is 14.9. The van der Waals surface area contributed by atoms with Gasteiger partial charge in [-0.1, -0.05) is 189 Å². The van der Waals surface area contributed by atoms with Gasteiger partial charge in [-0.25, -0.2) is 0 Å². The first-order chi connectivity index (χ1) is 28.5. The van der Waals surface area contributed by atoms with Crippen LogP contribution >= 0.6 is 0 Å². The van der Waals surface area contributed by atoms with Crippen molar-refractivity contribution in [2.75, 3.05) is 13.2 Å². The minimum Gasteiger partial charge on any atom is -0.462 e. The van der Waals surface area contributed by atoms with Crippen molar-refractivity contribution >= 4 is 17.9 Å². The molecule has 0 amide bonds. The Morgan fingerprint density at radius 1 is 0.379 bits per heavy atom. The van der Waals surface area contributed by atoms with E-state index < -0.39 is 12.1 Å². The van der Waals surface area contributed by atoms with Gasteiger partial charge in [0.1, 0.15) is 13.2 Å². The van der Waals surface area contributed by atoms with Gasteiger partial charge in [0.2, 0.25) is 0 Å². The molecular formula is C52H84O6. The van der Waals surface area contributed by atoms with E-state index in [1.165, 1.54) is 57.8 Å². The van der Waals surface area contributed by atoms with E-state index in [1.54, 1.807) is 6.08 Å². The minimum atomic E-state index is -0.833. The maximum Gasteiger partial charge on any atom is 0.310 e. The Kier molecular flexibility index (Phi) is 43.1. The van der Waals surface area contributed by atoms with Crippen molar-refractivity contribution in [3.8, 4) is 0 Å². The third kappa shape index (κ3) is 43.5. The Balaban J connectivity index is 4.41. The number of esters is 3. The van der Waals surface area contributed by atoms with E-state index in [9.17, 15) is 14.4 Å². The molecule has 6 heteroatoms. The zero-order valence-corrected chi connectivity index (χ0v) is 37.3. The van der Waals surface area contributed by atoms with Crippen LogP contribution in [0.25, 0.3) is 0 Å². The largest absolute Gasteiger partial charge is 0.462 e. The van der Waals surface area contributed by atoms with Crippen LogP contribution < -0.4 is 0 Å². The third-order valence-corrected chi connectivity index (χ3v) is 9.36. The van der Waals surface area contributed by atoms with Crippen molar-refractivity contribution in [3.05, 3.63) is 97.2 Å². The summed E-state index contributed by atoms with van der Waals surface area (Å²) in [4.78, 5) is 37.5. The fourth-order valence-electron chi connectivity index (χ4n) is 5.87. The molecule has 0 aromatic heterocycles. The molecule has 0 aliphatic heterocycles. The Bertz CT molecular complexity index is 1200. The molecule has 0 heterocycles. The van der Waals surface area contributed by atoms with Gasteiger partial charge in [0.25, 0.3) is 0 Å². The van der Waals surface area contributed by atoms with Crippen LogP contribution in [0.5, 0.6) is 0 Å². The van der Waals surface area contributed by atoms with E-state index in [4.69, 9.17) is 14.2 Å². The van der Waals surface area contributed by atoms with Gasteiger partial charge in [-0.05, 0) is 83.5 Å². The Hall–Kier alpha value is -3.67. The highest BCUT2D eigenvalue weighted by molar-refractivity contribution is 5.72. The molecule has 0 aromatic carbocycles. The molecule has 0 rings (SSSR count). The maximum absolute atomic E-state index is 12.6. The summed E-state index contributed by atoms with van der Waals surface area (Å²) in [5, 5.41) is 0. The lowest BCUT2D eigenvalue weighted by atomic mass is 10.1. The standard InChI is InChI=1S/C52H84O6/c1-4-7-10-13-16-18-20-22-24-25-26-27-29-30-32-34-36-39-42-45-51(54)57-48-49(47-56-50(53)44-41-38-15-12-9-6-3)58-52(55)46-43-40-37-35-33-31-28-23-21-19-17-14-11-8-5-2/h8,11,16-19,22-24,26-28,33,35,40,43,49H,4-7,9-10,12-15,20-21,25,29-32,34,36-39,41-42,44-48H2,1-3H3/b11-8-,18-16-,19-17-,24-22-,27-26-,28-23-,35-33-,43-40-. The van der Waals surface area contributed by atoms with Gasteiger partial charge in [0.05, 0.1) is 6.42 Å². The number of carbonyl (C=O) groups excluding carboxylic acids is 3. The van der Waals surface area contributed by atoms with Crippen LogP contribution in [0.15, 0.2) is 97.2 Å². The van der Waals surface area contributed by atoms with E-state index >= 15 is 0 Å². The molecule has 0 aromatic rings. The zero-order chi connectivity index (χ0) is 42.3. The molecule has 1 unspecified atom stereocenters. The fraction of sp³-hybridized carbons (Fsp3) is 0.635. The predicted molar refractivity (Wildman–Crippen MR) is 247 cm³/mol. The molecule has 6 nitrogen and oxygen atoms in total. The molecule has 0 aliphatic rings. The SMILES string of the molecule is CC/C=C\C/C=C\C/C=C\C/C=C\C/C=C\CC(=O)OC(COC(=O)CCCCCCCC)COC(=O)CCCCCCCC/C=C\C/C=C\C/C=C\CCCCC. The number of allylic oxidation sites excluding steroid dienone is 15. The predicted octanol–water partition coefficient (Wildman–Crippen LogP) is 15.0. The third-order valence-electron chi connectivity index (χ3n) is 9.36. The number of ether oxygens (including phenoxy) is 3. The summed E-state index contributed by atoms with van der Waals surface area (Å²) < 4.78 is 16.5. The van der Waals surface area contributed by atoms with Crippen LogP contribution in [-0.4, -0.2) is 37.2 Å². The first-order valence-electron chi connectivity index (χ1n) is 23.2. The van der Waals surface area contributed by atoms with Gasteiger partial charge in [-0.15, -0.1) is 0 Å². The number of rotatable bonds is 40. The van der Waals surface area contributed by atoms with E-state index in [2.05, 4.69) is 106 Å². The molecule has 1 atom stereocenters. The lowest BCUT2D eigenvalue weighted by molar-refractivity contribution is -0.166. The van der Waals surface area contributed by atoms with Crippen molar-refractivity contribution < 1.29 is 28.6 Å². The van der Waals surface area contributed by atoms with Crippen LogP contribution in [0.2, 0.25) is 0 Å². The van der Waals surface area contributed by atoms with E-state index in [0.717, 1.165) is 96.3 Å². The molecule has 0 aliphatic carbocycles. The highest BCUT2D eigenvalue weighted by Gasteiger charge is 2.19. The topological polar surface area (TPSA) is 78.9 Å². The van der Waals surface area contributed by atoms with Gasteiger partial charge in [-0.3, -0.25) is 14.4 Å². The number of hydrogen-bond donors (Lipinski definition) is 0. The maximum atomic E-state index is 12.6. The van der Waals surface area contributed by atoms with Gasteiger partial charge >= 0.3 is 17.9 Å². The van der Waals surface area contributed by atoms with Crippen LogP contribution in [0.4, 0.5) is 0 Å². The lowest BCUT2D eigenvalue weighted by Gasteiger charge is -2.18. The first kappa shape index (κ1) is 54.3. The number of hydrogen-bond acceptors (Lipinski definition) is 6. The first-order valence-corrected chi connectivity index (χ1v) is 23.2. The van der Waals surface area contributed by atoms with Crippen LogP contribution in [0, 0.1) is 0 Å². The molecule has 0 saturated carbocycles. The second kappa shape index (κ2) is 46.0. The summed E-state index contributed by atoms with van der Waals surface area (Å²) in [7, 11) is 0. The highest BCUT2D eigenvalue weighted by atomic mass is 16.6. The van der Waals surface area contributed by atoms with Crippen molar-refractivity contribution in [3.63, 3.8) is 0 Å². The van der Waals surface area contributed by atoms with Crippen LogP contribution in [0.1, 0.15) is 194 Å². The van der Waals surface area contributed by atoms with Crippen molar-refractivity contribution in [1.29, 1.82) is 0 Å². The van der Waals surface area contributed by atoms with E-state index in [0.29, 0.717) is 12.8 Å². The van der Waals surface area contributed by atoms with Crippen molar-refractivity contribution in [2.24, 2.45) is 0 Å². The Labute approximate surface area is 356 Å². The number of unbranched alkanes of at least 4 members (excludes halogenated alkanes) is 14. The molecule has 0 spiro atoms. The number of carbonyl (C=O) groups is 3. The van der Waals surface area contributed by atoms with Gasteiger partial charge in [0.15, 0.2) is 6.10 Å². The molecule has 0 fully saturated rings. The van der Waals surface area contributed by atoms with Crippen LogP contribution in [0.3, 0.4) is 0 Å². The Morgan fingerprint density at radius 3 is 1.17 bits per heavy atom. The van der Waals surface area contributed by atoms with Gasteiger partial charge in [-0.2, -0.15) is 0 Å². The summed E-state index contributed by atoms with van der Waals surface area (Å²) in [6, 6.07) is 0. The highest BCUT2D eigenvalue weighted by Crippen LogP contribution is 2.12. The van der Waals surface area contributed by atoms with Crippen LogP contribution in [-0.2, 0) is 28.6 Å². The zero-order valence-electron chi connectivity index (χ0n) is 37.3. The summed E-state index contributed by atoms with van der Waals surface area (Å²) in [6.45, 7) is 6.31. The molecule has 328 valence electrons. The average molecular weight is 805 g/mol. The lowest BCUT2D eigenvalue weighted by Crippen LogP contribution is -2.30. The van der Waals surface area contributed by atoms with E-state index in [1.807, 2.05) is 6.08 Å². The van der Waals surface area contributed by atoms with Crippen molar-refractivity contribution in [1.82, 2.24) is 0 Å². The Morgan fingerprint density at radius 2 is 0.724 bits per heavy atom. The summed E-state index contributed by atoms with van der Waals surface area (Å²) >= 11 is 0. The molecule has 0 N–H and O–H groups in total. The second-order valence-electron chi connectivity index (χ2n) is 14.9. The average Bonchev–Trinajstić information content (AvgIpc) is 3.22. The quantitative estimate of drug-likeness (QED) is 0.0266. The summed E-state index contributed by atoms with van der Waals surface area (Å²) in [6.07, 6.45) is 60.1. The van der Waals surface area contributed by atoms with E-state index in [-0.39, 0.29) is 31.6 Å². The molecule has 0 radical (unpaired) electrons. The smallest absolute Gasteiger partial charge is 0.310 e. The minimum absolute atomic E-state index is 0.0919. The van der Waals surface area contributed by atoms with Gasteiger partial charge < -0.3 is 14.2 Å². The molecular weight excluding hydrogens is 721 g/mol. The summed E-state index contributed by atoms with van der Waals surface area (Å²) in [5.74, 6) is -1.08. The van der Waals surface area contributed by atoms with Gasteiger partial charge in [0, 0.05) is 12.8 Å². The molecule has 58 heavy (non-hydrogen) atoms. The summed E-state index contributed by atoms with van der Waals surface area (Å²) in [5.41, 5.74) is 0. The monoisotopic (exact) mass is 805 g/mol.